The zero-order valence-electron chi connectivity index (χ0n) is 18.2. The molecule has 1 atom stereocenters. The number of nitrogens with one attached hydrogen (secondary N) is 1. The molecule has 1 fully saturated rings. The molecule has 1 saturated carbocycles. The van der Waals surface area contributed by atoms with E-state index in [0.29, 0.717) is 19.2 Å². The van der Waals surface area contributed by atoms with Gasteiger partial charge in [0.15, 0.2) is 0 Å². The number of aliphatic hydroxyl groups excluding tert-OH is 1. The second-order valence-corrected chi connectivity index (χ2v) is 8.57. The second kappa shape index (κ2) is 10.3. The Balaban J connectivity index is 0.000000801. The third-order valence-electron chi connectivity index (χ3n) is 6.31. The van der Waals surface area contributed by atoms with E-state index in [2.05, 4.69) is 17.2 Å². The minimum atomic E-state index is -0.592. The molecule has 0 radical (unpaired) electrons. The molecule has 5 heteroatoms. The summed E-state index contributed by atoms with van der Waals surface area (Å²) in [6.45, 7) is 1.17. The topological polar surface area (TPSA) is 61.8 Å². The van der Waals surface area contributed by atoms with Crippen molar-refractivity contribution in [3.05, 3.63) is 48.0 Å². The van der Waals surface area contributed by atoms with Crippen LogP contribution in [-0.4, -0.2) is 48.9 Å². The highest BCUT2D eigenvalue weighted by Gasteiger charge is 2.51. The zero-order chi connectivity index (χ0) is 21.5. The highest BCUT2D eigenvalue weighted by Crippen LogP contribution is 2.42. The van der Waals surface area contributed by atoms with Crippen LogP contribution in [0.5, 0.6) is 0 Å². The van der Waals surface area contributed by atoms with E-state index in [0.717, 1.165) is 12.0 Å². The first-order valence-electron chi connectivity index (χ1n) is 10.9. The number of benzene rings is 1. The fourth-order valence-corrected chi connectivity index (χ4v) is 4.40. The fraction of sp³-hybridized carbons (Fsp3) is 0.560. The van der Waals surface area contributed by atoms with Crippen LogP contribution in [0.2, 0.25) is 0 Å². The summed E-state index contributed by atoms with van der Waals surface area (Å²) in [7, 11) is 3.53. The Bertz CT molecular complexity index is 798. The number of carbonyl (C=O) groups excluding carboxylic acids is 1. The van der Waals surface area contributed by atoms with Gasteiger partial charge in [-0.15, -0.1) is 0 Å². The van der Waals surface area contributed by atoms with Crippen LogP contribution in [0.3, 0.4) is 0 Å². The third-order valence-corrected chi connectivity index (χ3v) is 6.31. The van der Waals surface area contributed by atoms with Gasteiger partial charge in [-0.25, -0.2) is 0 Å². The molecule has 4 rings (SSSR count). The molecule has 1 aromatic rings. The maximum Gasteiger partial charge on any atom is 0.243 e. The highest BCUT2D eigenvalue weighted by atomic mass is 16.5. The second-order valence-electron chi connectivity index (χ2n) is 8.57. The SMILES string of the molecule is COCNCC1(CC2CCCCC2)C#CC2(C=C2)N(C)C1=O.OCc1ccccc1.[HH].[HH].[HH]. The van der Waals surface area contributed by atoms with Crippen LogP contribution >= 0.6 is 0 Å². The summed E-state index contributed by atoms with van der Waals surface area (Å²) in [6.07, 6.45) is 11.2. The summed E-state index contributed by atoms with van der Waals surface area (Å²) < 4.78 is 5.09. The maximum absolute atomic E-state index is 13.1. The molecular weight excluding hydrogens is 376 g/mol. The molecule has 2 aliphatic carbocycles. The molecule has 1 amide bonds. The average molecular weight is 417 g/mol. The van der Waals surface area contributed by atoms with Gasteiger partial charge in [0.25, 0.3) is 0 Å². The highest BCUT2D eigenvalue weighted by molar-refractivity contribution is 5.91. The number of nitrogens with zero attached hydrogens (tertiary/aromatic N) is 1. The van der Waals surface area contributed by atoms with Crippen molar-refractivity contribution in [2.24, 2.45) is 11.3 Å². The van der Waals surface area contributed by atoms with Gasteiger partial charge in [0, 0.05) is 25.0 Å². The molecule has 1 aliphatic heterocycles. The van der Waals surface area contributed by atoms with Crippen molar-refractivity contribution in [1.82, 2.24) is 10.2 Å². The van der Waals surface area contributed by atoms with E-state index in [4.69, 9.17) is 9.84 Å². The lowest BCUT2D eigenvalue weighted by atomic mass is 9.72. The van der Waals surface area contributed by atoms with Gasteiger partial charge in [-0.2, -0.15) is 0 Å². The molecule has 1 aromatic carbocycles. The Morgan fingerprint density at radius 1 is 1.20 bits per heavy atom. The lowest BCUT2D eigenvalue weighted by Gasteiger charge is -2.40. The Labute approximate surface area is 184 Å². The van der Waals surface area contributed by atoms with E-state index in [1.807, 2.05) is 54.4 Å². The van der Waals surface area contributed by atoms with Gasteiger partial charge in [0.2, 0.25) is 5.91 Å². The smallest absolute Gasteiger partial charge is 0.243 e. The molecule has 0 bridgehead atoms. The van der Waals surface area contributed by atoms with E-state index in [1.165, 1.54) is 32.1 Å². The number of likely N-dealkylation sites (N-methyl/N-ethyl adjacent to an activating group) is 1. The number of rotatable bonds is 7. The molecule has 1 spiro atoms. The van der Waals surface area contributed by atoms with Crippen molar-refractivity contribution in [3.8, 4) is 11.8 Å². The van der Waals surface area contributed by atoms with Crippen LogP contribution in [0.4, 0.5) is 0 Å². The number of hydrogen-bond donors (Lipinski definition) is 2. The van der Waals surface area contributed by atoms with E-state index in [1.54, 1.807) is 7.11 Å². The van der Waals surface area contributed by atoms with E-state index in [9.17, 15) is 4.79 Å². The lowest BCUT2D eigenvalue weighted by Crippen LogP contribution is -2.55. The number of carbonyl (C=O) groups is 1. The molecule has 5 nitrogen and oxygen atoms in total. The van der Waals surface area contributed by atoms with Gasteiger partial charge in [-0.05, 0) is 30.1 Å². The fourth-order valence-electron chi connectivity index (χ4n) is 4.40. The van der Waals surface area contributed by atoms with E-state index in [-0.39, 0.29) is 22.3 Å². The number of hydrogen-bond acceptors (Lipinski definition) is 4. The first-order valence-corrected chi connectivity index (χ1v) is 10.9. The van der Waals surface area contributed by atoms with Crippen LogP contribution < -0.4 is 5.32 Å². The van der Waals surface area contributed by atoms with Gasteiger partial charge in [-0.1, -0.05) is 74.3 Å². The quantitative estimate of drug-likeness (QED) is 0.307. The number of ether oxygens (including phenoxy) is 1. The summed E-state index contributed by atoms with van der Waals surface area (Å²) in [5, 5.41) is 11.8. The largest absolute Gasteiger partial charge is 0.392 e. The van der Waals surface area contributed by atoms with Crippen molar-refractivity contribution in [1.29, 1.82) is 0 Å². The Morgan fingerprint density at radius 3 is 2.47 bits per heavy atom. The van der Waals surface area contributed by atoms with Crippen LogP contribution in [0, 0.1) is 23.2 Å². The molecule has 1 heterocycles. The summed E-state index contributed by atoms with van der Waals surface area (Å²) in [4.78, 5) is 14.9. The first-order chi connectivity index (χ1) is 14.6. The van der Waals surface area contributed by atoms with Crippen molar-refractivity contribution >= 4 is 5.91 Å². The zero-order valence-corrected chi connectivity index (χ0v) is 18.2. The molecule has 0 aromatic heterocycles. The summed E-state index contributed by atoms with van der Waals surface area (Å²) in [5.41, 5.74) is -0.00773. The Morgan fingerprint density at radius 2 is 1.90 bits per heavy atom. The van der Waals surface area contributed by atoms with Gasteiger partial charge < -0.3 is 14.7 Å². The summed E-state index contributed by atoms with van der Waals surface area (Å²) in [5.74, 6) is 7.44. The minimum absolute atomic E-state index is 0. The van der Waals surface area contributed by atoms with Crippen molar-refractivity contribution in [3.63, 3.8) is 0 Å². The molecule has 3 aliphatic rings. The molecule has 2 N–H and O–H groups in total. The van der Waals surface area contributed by atoms with E-state index < -0.39 is 5.41 Å². The number of aliphatic hydroxyl groups is 1. The van der Waals surface area contributed by atoms with Crippen molar-refractivity contribution in [2.75, 3.05) is 27.4 Å². The normalized spacial score (nSPS) is 24.1. The Hall–Kier alpha value is -2.13. The predicted octanol–water partition coefficient (Wildman–Crippen LogP) is 3.84. The van der Waals surface area contributed by atoms with Gasteiger partial charge in [-0.3, -0.25) is 10.1 Å². The number of amides is 1. The minimum Gasteiger partial charge on any atom is -0.392 e. The molecule has 0 saturated heterocycles. The third kappa shape index (κ3) is 5.31. The van der Waals surface area contributed by atoms with Crippen molar-refractivity contribution in [2.45, 2.75) is 50.7 Å². The molecule has 168 valence electrons. The number of methoxy groups -OCH3 is 1. The van der Waals surface area contributed by atoms with Gasteiger partial charge in [0.1, 0.15) is 11.0 Å². The molecule has 30 heavy (non-hydrogen) atoms. The van der Waals surface area contributed by atoms with Gasteiger partial charge in [0.05, 0.1) is 13.3 Å². The first kappa shape index (κ1) is 22.6. The lowest BCUT2D eigenvalue weighted by molar-refractivity contribution is -0.140. The average Bonchev–Trinajstić information content (AvgIpc) is 3.58. The van der Waals surface area contributed by atoms with Gasteiger partial charge >= 0.3 is 0 Å². The standard InChI is InChI=1S/C18H26N2O2.C7H8O.3H2/c1-20-16(21)17(13-19-14-22-2,8-9-18(20)10-11-18)12-15-6-4-3-5-7-15;8-6-7-4-2-1-3-5-7;;;/h10-11,15,19H,3-7,12-14H2,1-2H3;1-5,8H,6H2;3*1H. The summed E-state index contributed by atoms with van der Waals surface area (Å²) in [6, 6.07) is 9.52. The monoisotopic (exact) mass is 416 g/mol. The summed E-state index contributed by atoms with van der Waals surface area (Å²) >= 11 is 0. The van der Waals surface area contributed by atoms with E-state index >= 15 is 0 Å². The molecular formula is C25H40N2O3. The van der Waals surface area contributed by atoms with Crippen LogP contribution in [0.15, 0.2) is 42.5 Å². The molecule has 1 unspecified atom stereocenters. The Kier molecular flexibility index (Phi) is 7.71. The predicted molar refractivity (Wildman–Crippen MR) is 125 cm³/mol. The van der Waals surface area contributed by atoms with Crippen LogP contribution in [0.25, 0.3) is 0 Å². The van der Waals surface area contributed by atoms with Crippen molar-refractivity contribution < 1.29 is 18.9 Å². The van der Waals surface area contributed by atoms with Crippen LogP contribution in [0.1, 0.15) is 48.4 Å². The van der Waals surface area contributed by atoms with Crippen LogP contribution in [-0.2, 0) is 16.1 Å². The maximum atomic E-state index is 13.1.